The molecule has 0 bridgehead atoms. The maximum Gasteiger partial charge on any atom is 0.227 e. The van der Waals surface area contributed by atoms with E-state index in [1.54, 1.807) is 4.90 Å². The van der Waals surface area contributed by atoms with Crippen LogP contribution >= 0.6 is 0 Å². The average Bonchev–Trinajstić information content (AvgIpc) is 2.85. The maximum atomic E-state index is 12.4. The van der Waals surface area contributed by atoms with Crippen LogP contribution in [0.5, 0.6) is 0 Å². The Bertz CT molecular complexity index is 550. The Kier molecular flexibility index (Phi) is 4.66. The Labute approximate surface area is 126 Å². The highest BCUT2D eigenvalue weighted by Gasteiger charge is 2.36. The first kappa shape index (κ1) is 15.5. The molecule has 21 heavy (non-hydrogen) atoms. The number of aryl methyl sites for hydroxylation is 2. The van der Waals surface area contributed by atoms with Gasteiger partial charge in [0.2, 0.25) is 11.8 Å². The lowest BCUT2D eigenvalue weighted by molar-refractivity contribution is -0.135. The fourth-order valence-electron chi connectivity index (χ4n) is 2.81. The maximum absolute atomic E-state index is 12.4. The van der Waals surface area contributed by atoms with E-state index in [1.165, 1.54) is 11.1 Å². The highest BCUT2D eigenvalue weighted by molar-refractivity contribution is 6.00. The van der Waals surface area contributed by atoms with Gasteiger partial charge in [0, 0.05) is 31.7 Å². The summed E-state index contributed by atoms with van der Waals surface area (Å²) >= 11 is 0. The number of carbonyl (C=O) groups excluding carboxylic acids is 2. The Balaban J connectivity index is 2.16. The van der Waals surface area contributed by atoms with Crippen molar-refractivity contribution in [1.82, 2.24) is 4.90 Å². The molecule has 4 nitrogen and oxygen atoms in total. The molecule has 1 aromatic carbocycles. The summed E-state index contributed by atoms with van der Waals surface area (Å²) < 4.78 is 0. The van der Waals surface area contributed by atoms with E-state index in [2.05, 4.69) is 6.92 Å². The SMILES string of the molecule is CCN(CC)C(=O)[C@H]1CC(=O)N(c2ccc(C)c(C)c2)C1. The third kappa shape index (κ3) is 3.09. The molecular weight excluding hydrogens is 264 g/mol. The van der Waals surface area contributed by atoms with Crippen LogP contribution in [-0.4, -0.2) is 36.3 Å². The number of benzene rings is 1. The predicted molar refractivity (Wildman–Crippen MR) is 84.3 cm³/mol. The smallest absolute Gasteiger partial charge is 0.227 e. The van der Waals surface area contributed by atoms with E-state index in [9.17, 15) is 9.59 Å². The van der Waals surface area contributed by atoms with Gasteiger partial charge < -0.3 is 9.80 Å². The Morgan fingerprint density at radius 1 is 1.24 bits per heavy atom. The van der Waals surface area contributed by atoms with Crippen molar-refractivity contribution in [2.24, 2.45) is 5.92 Å². The van der Waals surface area contributed by atoms with Gasteiger partial charge in [-0.3, -0.25) is 9.59 Å². The highest BCUT2D eigenvalue weighted by Crippen LogP contribution is 2.27. The molecule has 0 N–H and O–H groups in total. The molecule has 1 fully saturated rings. The van der Waals surface area contributed by atoms with E-state index >= 15 is 0 Å². The normalized spacial score (nSPS) is 18.2. The van der Waals surface area contributed by atoms with Gasteiger partial charge in [0.05, 0.1) is 5.92 Å². The molecular formula is C17H24N2O2. The zero-order valence-electron chi connectivity index (χ0n) is 13.3. The summed E-state index contributed by atoms with van der Waals surface area (Å²) in [6.45, 7) is 9.93. The molecule has 2 rings (SSSR count). The van der Waals surface area contributed by atoms with Crippen molar-refractivity contribution in [3.05, 3.63) is 29.3 Å². The van der Waals surface area contributed by atoms with Crippen molar-refractivity contribution < 1.29 is 9.59 Å². The molecule has 2 amide bonds. The Hall–Kier alpha value is -1.84. The number of hydrogen-bond acceptors (Lipinski definition) is 2. The van der Waals surface area contributed by atoms with Gasteiger partial charge in [-0.2, -0.15) is 0 Å². The molecule has 0 spiro atoms. The van der Waals surface area contributed by atoms with Gasteiger partial charge in [-0.25, -0.2) is 0 Å². The minimum atomic E-state index is -0.209. The molecule has 1 aliphatic rings. The summed E-state index contributed by atoms with van der Waals surface area (Å²) in [5.74, 6) is -0.0672. The van der Waals surface area contributed by atoms with Crippen LogP contribution in [0.4, 0.5) is 5.69 Å². The summed E-state index contributed by atoms with van der Waals surface area (Å²) in [7, 11) is 0. The summed E-state index contributed by atoms with van der Waals surface area (Å²) in [4.78, 5) is 28.2. The highest BCUT2D eigenvalue weighted by atomic mass is 16.2. The lowest BCUT2D eigenvalue weighted by atomic mass is 10.1. The second kappa shape index (κ2) is 6.29. The first-order chi connectivity index (χ1) is 9.97. The summed E-state index contributed by atoms with van der Waals surface area (Å²) in [6.07, 6.45) is 0.322. The molecule has 0 radical (unpaired) electrons. The lowest BCUT2D eigenvalue weighted by Gasteiger charge is -2.23. The number of rotatable bonds is 4. The van der Waals surface area contributed by atoms with Crippen molar-refractivity contribution in [2.75, 3.05) is 24.5 Å². The Morgan fingerprint density at radius 3 is 2.48 bits per heavy atom. The third-order valence-electron chi connectivity index (χ3n) is 4.35. The number of anilines is 1. The summed E-state index contributed by atoms with van der Waals surface area (Å²) in [5.41, 5.74) is 3.28. The number of nitrogens with zero attached hydrogens (tertiary/aromatic N) is 2. The molecule has 0 saturated carbocycles. The second-order valence-electron chi connectivity index (χ2n) is 5.68. The van der Waals surface area contributed by atoms with Crippen LogP contribution in [0.1, 0.15) is 31.4 Å². The number of hydrogen-bond donors (Lipinski definition) is 0. The van der Waals surface area contributed by atoms with Crippen molar-refractivity contribution in [3.8, 4) is 0 Å². The summed E-state index contributed by atoms with van der Waals surface area (Å²) in [6, 6.07) is 6.01. The van der Waals surface area contributed by atoms with Crippen LogP contribution in [0, 0.1) is 19.8 Å². The van der Waals surface area contributed by atoms with Crippen LogP contribution in [0.3, 0.4) is 0 Å². The molecule has 4 heteroatoms. The molecule has 0 aromatic heterocycles. The zero-order chi connectivity index (χ0) is 15.6. The van der Waals surface area contributed by atoms with Crippen molar-refractivity contribution in [1.29, 1.82) is 0 Å². The van der Waals surface area contributed by atoms with E-state index in [4.69, 9.17) is 0 Å². The molecule has 1 aromatic rings. The average molecular weight is 288 g/mol. The molecule has 1 aliphatic heterocycles. The van der Waals surface area contributed by atoms with Gasteiger partial charge in [0.25, 0.3) is 0 Å². The van der Waals surface area contributed by atoms with E-state index in [1.807, 2.05) is 43.9 Å². The van der Waals surface area contributed by atoms with Crippen LogP contribution in [0.2, 0.25) is 0 Å². The number of carbonyl (C=O) groups is 2. The van der Waals surface area contributed by atoms with Crippen LogP contribution < -0.4 is 4.90 Å². The molecule has 114 valence electrons. The van der Waals surface area contributed by atoms with E-state index < -0.39 is 0 Å². The quantitative estimate of drug-likeness (QED) is 0.854. The standard InChI is InChI=1S/C17H24N2O2/c1-5-18(6-2)17(21)14-10-16(20)19(11-14)15-8-7-12(3)13(4)9-15/h7-9,14H,5-6,10-11H2,1-4H3/t14-/m0/s1. The summed E-state index contributed by atoms with van der Waals surface area (Å²) in [5, 5.41) is 0. The predicted octanol–water partition coefficient (Wildman–Crippen LogP) is 2.52. The van der Waals surface area contributed by atoms with E-state index in [0.717, 1.165) is 5.69 Å². The van der Waals surface area contributed by atoms with Crippen molar-refractivity contribution >= 4 is 17.5 Å². The van der Waals surface area contributed by atoms with Gasteiger partial charge in [-0.05, 0) is 51.0 Å². The fraction of sp³-hybridized carbons (Fsp3) is 0.529. The minimum Gasteiger partial charge on any atom is -0.343 e. The van der Waals surface area contributed by atoms with Crippen LogP contribution in [0.25, 0.3) is 0 Å². The van der Waals surface area contributed by atoms with Gasteiger partial charge in [0.15, 0.2) is 0 Å². The van der Waals surface area contributed by atoms with Crippen molar-refractivity contribution in [2.45, 2.75) is 34.1 Å². The molecule has 0 aliphatic carbocycles. The van der Waals surface area contributed by atoms with Gasteiger partial charge in [0.1, 0.15) is 0 Å². The second-order valence-corrected chi connectivity index (χ2v) is 5.68. The fourth-order valence-corrected chi connectivity index (χ4v) is 2.81. The largest absolute Gasteiger partial charge is 0.343 e. The third-order valence-corrected chi connectivity index (χ3v) is 4.35. The van der Waals surface area contributed by atoms with Crippen LogP contribution in [-0.2, 0) is 9.59 Å². The van der Waals surface area contributed by atoms with E-state index in [0.29, 0.717) is 26.1 Å². The van der Waals surface area contributed by atoms with Gasteiger partial charge in [-0.1, -0.05) is 6.07 Å². The Morgan fingerprint density at radius 2 is 1.90 bits per heavy atom. The topological polar surface area (TPSA) is 40.6 Å². The molecule has 1 atom stereocenters. The van der Waals surface area contributed by atoms with Crippen LogP contribution in [0.15, 0.2) is 18.2 Å². The lowest BCUT2D eigenvalue weighted by Crippen LogP contribution is -2.37. The monoisotopic (exact) mass is 288 g/mol. The number of amides is 2. The van der Waals surface area contributed by atoms with Crippen molar-refractivity contribution in [3.63, 3.8) is 0 Å². The first-order valence-corrected chi connectivity index (χ1v) is 7.64. The minimum absolute atomic E-state index is 0.0451. The first-order valence-electron chi connectivity index (χ1n) is 7.64. The zero-order valence-corrected chi connectivity index (χ0v) is 13.3. The van der Waals surface area contributed by atoms with Gasteiger partial charge in [-0.15, -0.1) is 0 Å². The molecule has 1 heterocycles. The van der Waals surface area contributed by atoms with Gasteiger partial charge >= 0.3 is 0 Å². The molecule has 1 saturated heterocycles. The van der Waals surface area contributed by atoms with E-state index in [-0.39, 0.29) is 17.7 Å². The molecule has 0 unspecified atom stereocenters.